The summed E-state index contributed by atoms with van der Waals surface area (Å²) in [6, 6.07) is -0.975. The van der Waals surface area contributed by atoms with E-state index in [9.17, 15) is 24.5 Å². The van der Waals surface area contributed by atoms with Crippen molar-refractivity contribution in [3.05, 3.63) is 12.2 Å². The SMILES string of the molecule is CCCCCCCCCCCCC/C=C/C(O)C(COP(=O)(O)OCCN)NC(=O)CC(O)CCCCCCCCCCCCC. The summed E-state index contributed by atoms with van der Waals surface area (Å²) in [6.07, 6.45) is 30.1. The van der Waals surface area contributed by atoms with E-state index in [0.29, 0.717) is 6.42 Å². The van der Waals surface area contributed by atoms with E-state index in [2.05, 4.69) is 19.2 Å². The highest BCUT2D eigenvalue weighted by Crippen LogP contribution is 2.43. The third-order valence-electron chi connectivity index (χ3n) is 8.42. The molecule has 0 spiro atoms. The summed E-state index contributed by atoms with van der Waals surface area (Å²) in [7, 11) is -4.39. The van der Waals surface area contributed by atoms with Crippen LogP contribution < -0.4 is 11.1 Å². The molecule has 10 heteroatoms. The monoisotopic (exact) mass is 677 g/mol. The maximum absolute atomic E-state index is 12.7. The number of nitrogens with two attached hydrogens (primary N) is 1. The highest BCUT2D eigenvalue weighted by Gasteiger charge is 2.27. The van der Waals surface area contributed by atoms with Crippen molar-refractivity contribution in [3.63, 3.8) is 0 Å². The molecule has 0 bridgehead atoms. The number of allylic oxidation sites excluding steroid dienone is 1. The summed E-state index contributed by atoms with van der Waals surface area (Å²) in [5.74, 6) is -0.447. The fourth-order valence-electron chi connectivity index (χ4n) is 5.53. The van der Waals surface area contributed by atoms with Crippen LogP contribution in [0.25, 0.3) is 0 Å². The van der Waals surface area contributed by atoms with Gasteiger partial charge in [0.05, 0.1) is 37.9 Å². The van der Waals surface area contributed by atoms with E-state index >= 15 is 0 Å². The van der Waals surface area contributed by atoms with Crippen LogP contribution in [0.5, 0.6) is 0 Å². The van der Waals surface area contributed by atoms with Crippen molar-refractivity contribution < 1.29 is 33.5 Å². The molecular weight excluding hydrogens is 603 g/mol. The van der Waals surface area contributed by atoms with Crippen LogP contribution in [0, 0.1) is 0 Å². The van der Waals surface area contributed by atoms with Crippen molar-refractivity contribution in [2.45, 2.75) is 193 Å². The summed E-state index contributed by atoms with van der Waals surface area (Å²) in [5, 5.41) is 23.9. The Bertz CT molecular complexity index is 756. The molecule has 0 aliphatic carbocycles. The average molecular weight is 677 g/mol. The Morgan fingerprint density at radius 1 is 0.739 bits per heavy atom. The zero-order chi connectivity index (χ0) is 34.1. The van der Waals surface area contributed by atoms with E-state index in [0.717, 1.165) is 38.5 Å². The predicted octanol–water partition coefficient (Wildman–Crippen LogP) is 8.63. The molecule has 0 aliphatic heterocycles. The lowest BCUT2D eigenvalue weighted by Gasteiger charge is -2.24. The minimum absolute atomic E-state index is 0.0511. The summed E-state index contributed by atoms with van der Waals surface area (Å²) in [6.45, 7) is 3.94. The molecule has 9 nitrogen and oxygen atoms in total. The third-order valence-corrected chi connectivity index (χ3v) is 9.40. The highest BCUT2D eigenvalue weighted by atomic mass is 31.2. The second kappa shape index (κ2) is 32.7. The van der Waals surface area contributed by atoms with E-state index in [1.165, 1.54) is 109 Å². The van der Waals surface area contributed by atoms with Crippen molar-refractivity contribution >= 4 is 13.7 Å². The number of aliphatic hydroxyl groups is 2. The number of aliphatic hydroxyl groups excluding tert-OH is 2. The molecule has 0 aromatic rings. The van der Waals surface area contributed by atoms with Gasteiger partial charge in [-0.1, -0.05) is 161 Å². The molecule has 0 aromatic carbocycles. The normalized spacial score (nSPS) is 15.2. The number of carbonyl (C=O) groups is 1. The van der Waals surface area contributed by atoms with Gasteiger partial charge in [-0.15, -0.1) is 0 Å². The Labute approximate surface area is 282 Å². The van der Waals surface area contributed by atoms with Crippen LogP contribution in [0.3, 0.4) is 0 Å². The van der Waals surface area contributed by atoms with E-state index in [-0.39, 0.29) is 19.6 Å². The van der Waals surface area contributed by atoms with Gasteiger partial charge in [-0.25, -0.2) is 4.57 Å². The number of carbonyl (C=O) groups excluding carboxylic acids is 1. The van der Waals surface area contributed by atoms with Gasteiger partial charge in [0.15, 0.2) is 0 Å². The molecule has 0 saturated heterocycles. The van der Waals surface area contributed by atoms with Crippen molar-refractivity contribution in [2.75, 3.05) is 19.8 Å². The molecule has 1 amide bonds. The zero-order valence-electron chi connectivity index (χ0n) is 29.7. The fraction of sp³-hybridized carbons (Fsp3) is 0.917. The minimum atomic E-state index is -4.39. The average Bonchev–Trinajstić information content (AvgIpc) is 3.03. The number of nitrogens with one attached hydrogen (secondary N) is 1. The van der Waals surface area contributed by atoms with Crippen LogP contribution in [-0.2, 0) is 18.4 Å². The summed E-state index contributed by atoms with van der Waals surface area (Å²) >= 11 is 0. The maximum atomic E-state index is 12.7. The van der Waals surface area contributed by atoms with Crippen molar-refractivity contribution in [1.82, 2.24) is 5.32 Å². The summed E-state index contributed by atoms with van der Waals surface area (Å²) in [5.41, 5.74) is 5.34. The van der Waals surface area contributed by atoms with Gasteiger partial charge in [0.1, 0.15) is 0 Å². The lowest BCUT2D eigenvalue weighted by molar-refractivity contribution is -0.124. The van der Waals surface area contributed by atoms with Crippen LogP contribution >= 0.6 is 7.82 Å². The van der Waals surface area contributed by atoms with Crippen LogP contribution in [0.1, 0.15) is 174 Å². The number of hydrogen-bond donors (Lipinski definition) is 5. The fourth-order valence-corrected chi connectivity index (χ4v) is 6.29. The lowest BCUT2D eigenvalue weighted by Crippen LogP contribution is -2.46. The summed E-state index contributed by atoms with van der Waals surface area (Å²) in [4.78, 5) is 22.6. The van der Waals surface area contributed by atoms with Crippen LogP contribution in [0.4, 0.5) is 0 Å². The largest absolute Gasteiger partial charge is 0.472 e. The first-order chi connectivity index (χ1) is 22.3. The Morgan fingerprint density at radius 2 is 1.20 bits per heavy atom. The smallest absolute Gasteiger partial charge is 0.393 e. The number of rotatable bonds is 35. The molecule has 0 aliphatic rings. The molecule has 46 heavy (non-hydrogen) atoms. The topological polar surface area (TPSA) is 151 Å². The molecule has 274 valence electrons. The van der Waals surface area contributed by atoms with Gasteiger partial charge in [0.2, 0.25) is 5.91 Å². The zero-order valence-corrected chi connectivity index (χ0v) is 30.6. The number of phosphoric ester groups is 1. The van der Waals surface area contributed by atoms with E-state index in [4.69, 9.17) is 14.8 Å². The standard InChI is InChI=1S/C36H73N2O7P/c1-3-5-7-9-11-13-15-16-18-20-22-24-26-28-35(40)34(32-45-46(42,43)44-30-29-37)38-36(41)31-33(39)27-25-23-21-19-17-14-12-10-8-6-4-2/h26,28,33-35,39-40H,3-25,27,29-32,37H2,1-2H3,(H,38,41)(H,42,43)/b28-26+. The first kappa shape index (κ1) is 45.2. The number of hydrogen-bond acceptors (Lipinski definition) is 7. The van der Waals surface area contributed by atoms with Gasteiger partial charge in [0.25, 0.3) is 0 Å². The van der Waals surface area contributed by atoms with E-state index in [1.807, 2.05) is 6.08 Å². The molecular formula is C36H73N2O7P. The second-order valence-electron chi connectivity index (χ2n) is 13.0. The number of amides is 1. The first-order valence-electron chi connectivity index (χ1n) is 18.9. The van der Waals surface area contributed by atoms with Crippen LogP contribution in [-0.4, -0.2) is 59.0 Å². The Kier molecular flexibility index (Phi) is 32.2. The molecule has 0 heterocycles. The Hall–Kier alpha value is -0.800. The van der Waals surface area contributed by atoms with Gasteiger partial charge in [-0.2, -0.15) is 0 Å². The van der Waals surface area contributed by atoms with Gasteiger partial charge in [0, 0.05) is 6.54 Å². The van der Waals surface area contributed by atoms with Crippen molar-refractivity contribution in [2.24, 2.45) is 5.73 Å². The maximum Gasteiger partial charge on any atom is 0.472 e. The highest BCUT2D eigenvalue weighted by molar-refractivity contribution is 7.47. The van der Waals surface area contributed by atoms with Gasteiger partial charge in [-0.05, 0) is 19.3 Å². The van der Waals surface area contributed by atoms with Gasteiger partial charge < -0.3 is 26.2 Å². The summed E-state index contributed by atoms with van der Waals surface area (Å²) < 4.78 is 22.0. The van der Waals surface area contributed by atoms with Crippen LogP contribution in [0.2, 0.25) is 0 Å². The molecule has 0 radical (unpaired) electrons. The van der Waals surface area contributed by atoms with Gasteiger partial charge in [-0.3, -0.25) is 13.8 Å². The molecule has 4 atom stereocenters. The molecule has 0 fully saturated rings. The van der Waals surface area contributed by atoms with Gasteiger partial charge >= 0.3 is 7.82 Å². The Morgan fingerprint density at radius 3 is 1.67 bits per heavy atom. The van der Waals surface area contributed by atoms with Crippen LogP contribution in [0.15, 0.2) is 12.2 Å². The van der Waals surface area contributed by atoms with E-state index < -0.39 is 38.6 Å². The minimum Gasteiger partial charge on any atom is -0.393 e. The molecule has 0 aromatic heterocycles. The van der Waals surface area contributed by atoms with Crippen molar-refractivity contribution in [1.29, 1.82) is 0 Å². The molecule has 4 unspecified atom stereocenters. The number of unbranched alkanes of at least 4 members (excludes halogenated alkanes) is 21. The molecule has 6 N–H and O–H groups in total. The quantitative estimate of drug-likeness (QED) is 0.0254. The Balaban J connectivity index is 4.45. The molecule has 0 rings (SSSR count). The first-order valence-corrected chi connectivity index (χ1v) is 20.4. The predicted molar refractivity (Wildman–Crippen MR) is 191 cm³/mol. The lowest BCUT2D eigenvalue weighted by atomic mass is 10.0. The van der Waals surface area contributed by atoms with E-state index in [1.54, 1.807) is 6.08 Å². The third kappa shape index (κ3) is 30.5. The number of phosphoric acid groups is 1. The second-order valence-corrected chi connectivity index (χ2v) is 14.4. The van der Waals surface area contributed by atoms with Crippen molar-refractivity contribution in [3.8, 4) is 0 Å². The molecule has 0 saturated carbocycles.